The topological polar surface area (TPSA) is 54.2 Å². The standard InChI is InChI=1S/C14H17ClN4O/c1-10-8-16-6-7-19(10)9-13-17-14(18-20-13)11-2-4-12(15)5-3-11/h2-5,10,16H,6-9H2,1H3/t10-/m0/s1. The van der Waals surface area contributed by atoms with Crippen molar-refractivity contribution in [2.75, 3.05) is 19.6 Å². The normalized spacial score (nSPS) is 20.2. The number of benzene rings is 1. The monoisotopic (exact) mass is 292 g/mol. The van der Waals surface area contributed by atoms with Crippen LogP contribution in [0.2, 0.25) is 5.02 Å². The van der Waals surface area contributed by atoms with E-state index in [-0.39, 0.29) is 0 Å². The van der Waals surface area contributed by atoms with Crippen molar-refractivity contribution in [1.82, 2.24) is 20.4 Å². The van der Waals surface area contributed by atoms with E-state index in [0.29, 0.717) is 29.3 Å². The highest BCUT2D eigenvalue weighted by Gasteiger charge is 2.20. The highest BCUT2D eigenvalue weighted by molar-refractivity contribution is 6.30. The van der Waals surface area contributed by atoms with Crippen molar-refractivity contribution < 1.29 is 4.52 Å². The average Bonchev–Trinajstić information content (AvgIpc) is 2.91. The molecule has 1 fully saturated rings. The molecule has 106 valence electrons. The maximum atomic E-state index is 5.87. The Bertz CT molecular complexity index is 569. The van der Waals surface area contributed by atoms with Crippen molar-refractivity contribution in [3.8, 4) is 11.4 Å². The Kier molecular flexibility index (Phi) is 4.00. The molecule has 2 aromatic rings. The lowest BCUT2D eigenvalue weighted by Crippen LogP contribution is -2.49. The molecule has 1 aliphatic rings. The van der Waals surface area contributed by atoms with Crippen LogP contribution in [0.3, 0.4) is 0 Å². The van der Waals surface area contributed by atoms with Gasteiger partial charge in [0, 0.05) is 36.3 Å². The molecular formula is C14H17ClN4O. The van der Waals surface area contributed by atoms with Crippen molar-refractivity contribution in [3.63, 3.8) is 0 Å². The van der Waals surface area contributed by atoms with Gasteiger partial charge in [-0.1, -0.05) is 16.8 Å². The molecule has 1 saturated heterocycles. The van der Waals surface area contributed by atoms with Gasteiger partial charge in [-0.05, 0) is 31.2 Å². The van der Waals surface area contributed by atoms with Crippen molar-refractivity contribution in [2.24, 2.45) is 0 Å². The quantitative estimate of drug-likeness (QED) is 0.940. The average molecular weight is 293 g/mol. The maximum Gasteiger partial charge on any atom is 0.241 e. The number of aromatic nitrogens is 2. The molecule has 1 aromatic heterocycles. The van der Waals surface area contributed by atoms with Crippen LogP contribution in [-0.2, 0) is 6.54 Å². The summed E-state index contributed by atoms with van der Waals surface area (Å²) in [4.78, 5) is 6.80. The molecule has 1 atom stereocenters. The lowest BCUT2D eigenvalue weighted by atomic mass is 10.2. The molecule has 0 aliphatic carbocycles. The van der Waals surface area contributed by atoms with E-state index in [4.69, 9.17) is 16.1 Å². The summed E-state index contributed by atoms with van der Waals surface area (Å²) in [5.41, 5.74) is 0.915. The smallest absolute Gasteiger partial charge is 0.241 e. The first-order chi connectivity index (χ1) is 9.72. The second-order valence-electron chi connectivity index (χ2n) is 5.04. The van der Waals surface area contributed by atoms with Crippen LogP contribution in [0, 0.1) is 0 Å². The molecule has 6 heteroatoms. The molecule has 0 amide bonds. The minimum Gasteiger partial charge on any atom is -0.338 e. The minimum atomic E-state index is 0.481. The fourth-order valence-electron chi connectivity index (χ4n) is 2.33. The van der Waals surface area contributed by atoms with E-state index >= 15 is 0 Å². The van der Waals surface area contributed by atoms with Gasteiger partial charge in [0.05, 0.1) is 6.54 Å². The van der Waals surface area contributed by atoms with Gasteiger partial charge in [-0.3, -0.25) is 4.90 Å². The molecule has 1 aromatic carbocycles. The van der Waals surface area contributed by atoms with Crippen LogP contribution in [0.15, 0.2) is 28.8 Å². The van der Waals surface area contributed by atoms with Crippen LogP contribution in [0.4, 0.5) is 0 Å². The van der Waals surface area contributed by atoms with E-state index in [1.165, 1.54) is 0 Å². The number of hydrogen-bond donors (Lipinski definition) is 1. The van der Waals surface area contributed by atoms with Gasteiger partial charge < -0.3 is 9.84 Å². The van der Waals surface area contributed by atoms with Gasteiger partial charge in [0.15, 0.2) is 0 Å². The number of rotatable bonds is 3. The molecule has 1 N–H and O–H groups in total. The molecule has 3 rings (SSSR count). The van der Waals surface area contributed by atoms with Crippen molar-refractivity contribution >= 4 is 11.6 Å². The minimum absolute atomic E-state index is 0.481. The Morgan fingerprint density at radius 3 is 2.95 bits per heavy atom. The molecular weight excluding hydrogens is 276 g/mol. The van der Waals surface area contributed by atoms with Gasteiger partial charge >= 0.3 is 0 Å². The van der Waals surface area contributed by atoms with E-state index in [2.05, 4.69) is 27.3 Å². The molecule has 5 nitrogen and oxygen atoms in total. The first-order valence-corrected chi connectivity index (χ1v) is 7.13. The molecule has 20 heavy (non-hydrogen) atoms. The fourth-order valence-corrected chi connectivity index (χ4v) is 2.45. The number of hydrogen-bond acceptors (Lipinski definition) is 5. The van der Waals surface area contributed by atoms with Crippen molar-refractivity contribution in [2.45, 2.75) is 19.5 Å². The third-order valence-electron chi connectivity index (χ3n) is 3.55. The zero-order chi connectivity index (χ0) is 13.9. The molecule has 0 bridgehead atoms. The van der Waals surface area contributed by atoms with E-state index in [1.54, 1.807) is 0 Å². The molecule has 0 saturated carbocycles. The molecule has 2 heterocycles. The SMILES string of the molecule is C[C@H]1CNCCN1Cc1nc(-c2ccc(Cl)cc2)no1. The van der Waals surface area contributed by atoms with E-state index in [1.807, 2.05) is 24.3 Å². The highest BCUT2D eigenvalue weighted by atomic mass is 35.5. The highest BCUT2D eigenvalue weighted by Crippen LogP contribution is 2.19. The Morgan fingerprint density at radius 1 is 1.40 bits per heavy atom. The Balaban J connectivity index is 1.71. The van der Waals surface area contributed by atoms with Gasteiger partial charge in [-0.2, -0.15) is 4.98 Å². The molecule has 0 radical (unpaired) electrons. The van der Waals surface area contributed by atoms with Gasteiger partial charge in [-0.25, -0.2) is 0 Å². The van der Waals surface area contributed by atoms with E-state index < -0.39 is 0 Å². The largest absolute Gasteiger partial charge is 0.338 e. The zero-order valence-corrected chi connectivity index (χ0v) is 12.1. The van der Waals surface area contributed by atoms with E-state index in [0.717, 1.165) is 25.2 Å². The van der Waals surface area contributed by atoms with Crippen LogP contribution in [0.5, 0.6) is 0 Å². The van der Waals surface area contributed by atoms with Crippen LogP contribution in [0.25, 0.3) is 11.4 Å². The number of piperazine rings is 1. The van der Waals surface area contributed by atoms with Gasteiger partial charge in [0.2, 0.25) is 11.7 Å². The van der Waals surface area contributed by atoms with Gasteiger partial charge in [0.1, 0.15) is 0 Å². The maximum absolute atomic E-state index is 5.87. The van der Waals surface area contributed by atoms with Crippen LogP contribution >= 0.6 is 11.6 Å². The summed E-state index contributed by atoms with van der Waals surface area (Å²) < 4.78 is 5.34. The van der Waals surface area contributed by atoms with Crippen LogP contribution in [0.1, 0.15) is 12.8 Å². The number of nitrogens with one attached hydrogen (secondary N) is 1. The number of halogens is 1. The van der Waals surface area contributed by atoms with Gasteiger partial charge in [-0.15, -0.1) is 0 Å². The molecule has 0 unspecified atom stereocenters. The van der Waals surface area contributed by atoms with Crippen LogP contribution in [-0.4, -0.2) is 40.7 Å². The Labute approximate surface area is 122 Å². The van der Waals surface area contributed by atoms with Crippen molar-refractivity contribution in [3.05, 3.63) is 35.2 Å². The lowest BCUT2D eigenvalue weighted by Gasteiger charge is -2.32. The summed E-state index contributed by atoms with van der Waals surface area (Å²) in [6.07, 6.45) is 0. The summed E-state index contributed by atoms with van der Waals surface area (Å²) in [5, 5.41) is 8.10. The second-order valence-corrected chi connectivity index (χ2v) is 5.48. The van der Waals surface area contributed by atoms with E-state index in [9.17, 15) is 0 Å². The predicted octanol–water partition coefficient (Wildman–Crippen LogP) is 2.18. The summed E-state index contributed by atoms with van der Waals surface area (Å²) in [7, 11) is 0. The van der Waals surface area contributed by atoms with Crippen LogP contribution < -0.4 is 5.32 Å². The van der Waals surface area contributed by atoms with Gasteiger partial charge in [0.25, 0.3) is 0 Å². The third-order valence-corrected chi connectivity index (χ3v) is 3.80. The fraction of sp³-hybridized carbons (Fsp3) is 0.429. The Hall–Kier alpha value is -1.43. The molecule has 1 aliphatic heterocycles. The Morgan fingerprint density at radius 2 is 2.20 bits per heavy atom. The summed E-state index contributed by atoms with van der Waals surface area (Å²) in [5.74, 6) is 1.27. The third kappa shape index (κ3) is 3.00. The zero-order valence-electron chi connectivity index (χ0n) is 11.3. The lowest BCUT2D eigenvalue weighted by molar-refractivity contribution is 0.146. The summed E-state index contributed by atoms with van der Waals surface area (Å²) in [6, 6.07) is 7.92. The first-order valence-electron chi connectivity index (χ1n) is 6.75. The number of nitrogens with zero attached hydrogens (tertiary/aromatic N) is 3. The molecule has 0 spiro atoms. The summed E-state index contributed by atoms with van der Waals surface area (Å²) >= 11 is 5.87. The second kappa shape index (κ2) is 5.91. The van der Waals surface area contributed by atoms with Crippen molar-refractivity contribution in [1.29, 1.82) is 0 Å². The summed E-state index contributed by atoms with van der Waals surface area (Å²) in [6.45, 7) is 5.90. The predicted molar refractivity (Wildman–Crippen MR) is 77.5 cm³/mol. The first kappa shape index (κ1) is 13.5.